The van der Waals surface area contributed by atoms with Gasteiger partial charge in [-0.15, -0.1) is 0 Å². The van der Waals surface area contributed by atoms with E-state index in [-0.39, 0.29) is 19.3 Å². The van der Waals surface area contributed by atoms with Gasteiger partial charge in [-0.2, -0.15) is 0 Å². The summed E-state index contributed by atoms with van der Waals surface area (Å²) in [6, 6.07) is 8.69. The lowest BCUT2D eigenvalue weighted by Gasteiger charge is -2.43. The number of ether oxygens (including phenoxy) is 5. The van der Waals surface area contributed by atoms with Crippen LogP contribution < -0.4 is 0 Å². The van der Waals surface area contributed by atoms with Gasteiger partial charge in [0.25, 0.3) is 0 Å². The summed E-state index contributed by atoms with van der Waals surface area (Å²) in [6.45, 7) is 4.40. The lowest BCUT2D eigenvalue weighted by Crippen LogP contribution is -2.57. The molecular formula is C20H25N3O7. The minimum atomic E-state index is -0.821. The van der Waals surface area contributed by atoms with Crippen molar-refractivity contribution < 1.29 is 33.3 Å². The quantitative estimate of drug-likeness (QED) is 0.300. The van der Waals surface area contributed by atoms with Crippen LogP contribution in [0.1, 0.15) is 32.6 Å². The molecule has 3 rings (SSSR count). The molecule has 0 aromatic heterocycles. The van der Waals surface area contributed by atoms with Crippen molar-refractivity contribution >= 4 is 11.9 Å². The summed E-state index contributed by atoms with van der Waals surface area (Å²) >= 11 is 0. The maximum Gasteiger partial charge on any atom is 0.302 e. The molecule has 0 amide bonds. The van der Waals surface area contributed by atoms with Gasteiger partial charge in [-0.3, -0.25) is 9.59 Å². The second-order valence-electron chi connectivity index (χ2n) is 7.28. The fraction of sp³-hybridized carbons (Fsp3) is 0.600. The maximum atomic E-state index is 11.8. The van der Waals surface area contributed by atoms with Crippen molar-refractivity contribution in [2.75, 3.05) is 13.2 Å². The number of rotatable bonds is 6. The van der Waals surface area contributed by atoms with Crippen molar-refractivity contribution in [2.45, 2.75) is 57.5 Å². The Labute approximate surface area is 174 Å². The highest BCUT2D eigenvalue weighted by atomic mass is 16.7. The lowest BCUT2D eigenvalue weighted by atomic mass is 9.82. The highest BCUT2D eigenvalue weighted by Crippen LogP contribution is 2.40. The molecule has 0 saturated carbocycles. The molecule has 1 aromatic rings. The standard InChI is InChI=1S/C20H25N3O7/c1-11-18(30-20(28-11)14-7-5-4-6-8-14)17-16(10-26-12(2)24)27-9-15(22-23-21)19(17)29-13(3)25/h4-8,11,15-20H,9-10H2,1-3H3/t11?,15?,16?,17-,18?,19-,20?/m1/s1. The zero-order valence-electron chi connectivity index (χ0n) is 17.0. The Bertz CT molecular complexity index is 799. The minimum absolute atomic E-state index is 0.0223. The third-order valence-corrected chi connectivity index (χ3v) is 5.15. The van der Waals surface area contributed by atoms with E-state index in [1.54, 1.807) is 0 Å². The average Bonchev–Trinajstić information content (AvgIpc) is 3.09. The van der Waals surface area contributed by atoms with E-state index in [2.05, 4.69) is 10.0 Å². The van der Waals surface area contributed by atoms with Crippen LogP contribution in [0.15, 0.2) is 35.4 Å². The molecule has 0 bridgehead atoms. The number of hydrogen-bond acceptors (Lipinski definition) is 8. The van der Waals surface area contributed by atoms with Crippen molar-refractivity contribution in [1.29, 1.82) is 0 Å². The average molecular weight is 419 g/mol. The second kappa shape index (κ2) is 9.90. The predicted octanol–water partition coefficient (Wildman–Crippen LogP) is 2.68. The fourth-order valence-electron chi connectivity index (χ4n) is 3.90. The van der Waals surface area contributed by atoms with Crippen LogP contribution in [0.2, 0.25) is 0 Å². The number of esters is 2. The van der Waals surface area contributed by atoms with E-state index in [0.717, 1.165) is 5.56 Å². The van der Waals surface area contributed by atoms with Crippen LogP contribution in [-0.4, -0.2) is 55.6 Å². The summed E-state index contributed by atoms with van der Waals surface area (Å²) in [5.41, 5.74) is 9.79. The van der Waals surface area contributed by atoms with Crippen LogP contribution in [0.25, 0.3) is 10.4 Å². The van der Waals surface area contributed by atoms with E-state index >= 15 is 0 Å². The van der Waals surface area contributed by atoms with E-state index in [4.69, 9.17) is 29.2 Å². The summed E-state index contributed by atoms with van der Waals surface area (Å²) in [7, 11) is 0. The molecule has 10 nitrogen and oxygen atoms in total. The fourth-order valence-corrected chi connectivity index (χ4v) is 3.90. The number of benzene rings is 1. The number of azide groups is 1. The molecule has 7 atom stereocenters. The summed E-state index contributed by atoms with van der Waals surface area (Å²) < 4.78 is 28.8. The van der Waals surface area contributed by atoms with Crippen LogP contribution in [0.3, 0.4) is 0 Å². The Balaban J connectivity index is 1.90. The molecule has 30 heavy (non-hydrogen) atoms. The largest absolute Gasteiger partial charge is 0.463 e. The molecule has 0 radical (unpaired) electrons. The van der Waals surface area contributed by atoms with E-state index in [0.29, 0.717) is 0 Å². The van der Waals surface area contributed by atoms with Gasteiger partial charge in [-0.1, -0.05) is 35.4 Å². The highest BCUT2D eigenvalue weighted by molar-refractivity contribution is 5.66. The van der Waals surface area contributed by atoms with Gasteiger partial charge < -0.3 is 23.7 Å². The molecule has 162 valence electrons. The lowest BCUT2D eigenvalue weighted by molar-refractivity contribution is -0.192. The Morgan fingerprint density at radius 2 is 1.93 bits per heavy atom. The second-order valence-corrected chi connectivity index (χ2v) is 7.28. The van der Waals surface area contributed by atoms with Crippen LogP contribution in [0.5, 0.6) is 0 Å². The van der Waals surface area contributed by atoms with Gasteiger partial charge in [0.2, 0.25) is 0 Å². The number of nitrogens with zero attached hydrogens (tertiary/aromatic N) is 3. The van der Waals surface area contributed by atoms with Crippen LogP contribution >= 0.6 is 0 Å². The summed E-state index contributed by atoms with van der Waals surface area (Å²) in [5, 5.41) is 3.75. The van der Waals surface area contributed by atoms with E-state index < -0.39 is 48.5 Å². The first kappa shape index (κ1) is 22.0. The number of carbonyl (C=O) groups is 2. The zero-order valence-corrected chi connectivity index (χ0v) is 17.0. The smallest absolute Gasteiger partial charge is 0.302 e. The predicted molar refractivity (Wildman–Crippen MR) is 103 cm³/mol. The molecular weight excluding hydrogens is 394 g/mol. The maximum absolute atomic E-state index is 11.8. The Morgan fingerprint density at radius 1 is 1.20 bits per heavy atom. The van der Waals surface area contributed by atoms with Crippen molar-refractivity contribution in [3.63, 3.8) is 0 Å². The molecule has 2 aliphatic rings. The highest BCUT2D eigenvalue weighted by Gasteiger charge is 2.52. The monoisotopic (exact) mass is 419 g/mol. The van der Waals surface area contributed by atoms with Gasteiger partial charge in [0, 0.05) is 24.3 Å². The van der Waals surface area contributed by atoms with Gasteiger partial charge in [-0.25, -0.2) is 0 Å². The van der Waals surface area contributed by atoms with Gasteiger partial charge in [-0.05, 0) is 12.5 Å². The topological polar surface area (TPSA) is 129 Å². The molecule has 0 spiro atoms. The molecule has 2 heterocycles. The van der Waals surface area contributed by atoms with Crippen molar-refractivity contribution in [3.05, 3.63) is 46.3 Å². The van der Waals surface area contributed by atoms with Crippen molar-refractivity contribution in [1.82, 2.24) is 0 Å². The van der Waals surface area contributed by atoms with E-state index in [1.807, 2.05) is 37.3 Å². The summed E-state index contributed by atoms with van der Waals surface area (Å²) in [4.78, 5) is 26.0. The molecule has 0 aliphatic carbocycles. The van der Waals surface area contributed by atoms with E-state index in [1.165, 1.54) is 13.8 Å². The first-order valence-corrected chi connectivity index (χ1v) is 9.73. The van der Waals surface area contributed by atoms with Gasteiger partial charge in [0.1, 0.15) is 18.8 Å². The van der Waals surface area contributed by atoms with Crippen molar-refractivity contribution in [3.8, 4) is 0 Å². The zero-order chi connectivity index (χ0) is 21.7. The SMILES string of the molecule is CC(=O)OCC1OCC(N=[N+]=[N-])[C@@H](OC(C)=O)[C@H]1C1OC(c2ccccc2)OC1C. The van der Waals surface area contributed by atoms with Gasteiger partial charge in [0.05, 0.1) is 30.8 Å². The Hall–Kier alpha value is -2.65. The van der Waals surface area contributed by atoms with E-state index in [9.17, 15) is 9.59 Å². The summed E-state index contributed by atoms with van der Waals surface area (Å²) in [5.74, 6) is -1.57. The summed E-state index contributed by atoms with van der Waals surface area (Å²) in [6.07, 6.45) is -3.01. The molecule has 2 fully saturated rings. The van der Waals surface area contributed by atoms with Crippen LogP contribution in [0, 0.1) is 5.92 Å². The third-order valence-electron chi connectivity index (χ3n) is 5.15. The Kier molecular flexibility index (Phi) is 7.28. The normalized spacial score (nSPS) is 33.4. The Morgan fingerprint density at radius 3 is 2.57 bits per heavy atom. The molecule has 0 N–H and O–H groups in total. The molecule has 10 heteroatoms. The molecule has 1 aromatic carbocycles. The van der Waals surface area contributed by atoms with Crippen LogP contribution in [0.4, 0.5) is 0 Å². The minimum Gasteiger partial charge on any atom is -0.463 e. The molecule has 5 unspecified atom stereocenters. The van der Waals surface area contributed by atoms with Gasteiger partial charge >= 0.3 is 11.9 Å². The first-order chi connectivity index (χ1) is 14.4. The number of carbonyl (C=O) groups excluding carboxylic acids is 2. The molecule has 2 aliphatic heterocycles. The van der Waals surface area contributed by atoms with Crippen LogP contribution in [-0.2, 0) is 33.3 Å². The first-order valence-electron chi connectivity index (χ1n) is 9.73. The molecule has 2 saturated heterocycles. The third kappa shape index (κ3) is 5.09. The van der Waals surface area contributed by atoms with Gasteiger partial charge in [0.15, 0.2) is 6.29 Å². The van der Waals surface area contributed by atoms with Crippen molar-refractivity contribution in [2.24, 2.45) is 11.0 Å². The number of hydrogen-bond donors (Lipinski definition) is 0.